The summed E-state index contributed by atoms with van der Waals surface area (Å²) < 4.78 is 5.33. The molecule has 0 bridgehead atoms. The molecule has 236 valence electrons. The number of carbonyl (C=O) groups is 1. The van der Waals surface area contributed by atoms with Crippen LogP contribution in [0, 0.1) is 5.41 Å². The Morgan fingerprint density at radius 3 is 2.18 bits per heavy atom. The molecular weight excluding hydrogens is 568 g/mol. The summed E-state index contributed by atoms with van der Waals surface area (Å²) in [6.45, 7) is 14.6. The Morgan fingerprint density at radius 1 is 0.911 bits per heavy atom. The molecule has 12 nitrogen and oxygen atoms in total. The highest BCUT2D eigenvalue weighted by atomic mass is 16.5. The van der Waals surface area contributed by atoms with Crippen LogP contribution >= 0.6 is 0 Å². The number of anilines is 5. The van der Waals surface area contributed by atoms with Gasteiger partial charge in [-0.1, -0.05) is 57.1 Å². The van der Waals surface area contributed by atoms with Crippen LogP contribution in [0.1, 0.15) is 50.1 Å². The van der Waals surface area contributed by atoms with E-state index in [1.165, 1.54) is 11.9 Å². The maximum atomic E-state index is 12.5. The lowest BCUT2D eigenvalue weighted by Gasteiger charge is -2.34. The molecule has 45 heavy (non-hydrogen) atoms. The Labute approximate surface area is 264 Å². The highest BCUT2D eigenvalue weighted by molar-refractivity contribution is 6.16. The van der Waals surface area contributed by atoms with Crippen LogP contribution < -0.4 is 21.3 Å². The van der Waals surface area contributed by atoms with Gasteiger partial charge in [0.25, 0.3) is 0 Å². The van der Waals surface area contributed by atoms with Crippen molar-refractivity contribution in [3.63, 3.8) is 0 Å². The number of hydrogen-bond acceptors (Lipinski definition) is 10. The van der Waals surface area contributed by atoms with E-state index in [1.807, 2.05) is 45.0 Å². The van der Waals surface area contributed by atoms with Gasteiger partial charge in [-0.2, -0.15) is 0 Å². The van der Waals surface area contributed by atoms with Crippen LogP contribution in [-0.2, 0) is 12.0 Å². The van der Waals surface area contributed by atoms with E-state index in [4.69, 9.17) is 9.93 Å². The number of aromatic nitrogens is 3. The first kappa shape index (κ1) is 31.6. The lowest BCUT2D eigenvalue weighted by Crippen LogP contribution is -2.45. The first-order valence-corrected chi connectivity index (χ1v) is 15.2. The SMILES string of the molecule is CCN1CCN(Cc2ccc(C(=N)c3c(NC)ncnc3Nc3ccc(NC(=O)Nc4cc(C(C)(C)C)on4)cc3)cc2)CC1. The summed E-state index contributed by atoms with van der Waals surface area (Å²) in [6, 6.07) is 16.7. The highest BCUT2D eigenvalue weighted by Gasteiger charge is 2.21. The van der Waals surface area contributed by atoms with Gasteiger partial charge in [-0.25, -0.2) is 14.8 Å². The lowest BCUT2D eigenvalue weighted by atomic mass is 9.93. The van der Waals surface area contributed by atoms with Crippen molar-refractivity contribution in [2.45, 2.75) is 39.7 Å². The van der Waals surface area contributed by atoms with Crippen LogP contribution in [0.3, 0.4) is 0 Å². The molecule has 0 atom stereocenters. The smallest absolute Gasteiger partial charge is 0.324 e. The van der Waals surface area contributed by atoms with E-state index in [2.05, 4.69) is 65.2 Å². The summed E-state index contributed by atoms with van der Waals surface area (Å²) in [5, 5.41) is 24.9. The second kappa shape index (κ2) is 13.9. The average Bonchev–Trinajstić information content (AvgIpc) is 3.51. The van der Waals surface area contributed by atoms with E-state index < -0.39 is 6.03 Å². The standard InChI is InChI=1S/C33H42N10O2/c1-6-42-15-17-43(18-16-42)20-22-7-9-23(10-8-22)29(34)28-30(35-5)36-21-37-31(28)38-24-11-13-25(14-12-24)39-32(44)40-27-19-26(45-41-27)33(2,3)4/h7-14,19,21,34H,6,15-18,20H2,1-5H3,(H2,35,36,37,38)(H2,39,40,41,44). The maximum Gasteiger partial charge on any atom is 0.324 e. The van der Waals surface area contributed by atoms with Crippen molar-refractivity contribution in [2.75, 3.05) is 61.0 Å². The predicted molar refractivity (Wildman–Crippen MR) is 179 cm³/mol. The molecule has 2 amide bonds. The highest BCUT2D eigenvalue weighted by Crippen LogP contribution is 2.28. The van der Waals surface area contributed by atoms with E-state index in [1.54, 1.807) is 25.2 Å². The summed E-state index contributed by atoms with van der Waals surface area (Å²) in [4.78, 5) is 26.3. The zero-order chi connectivity index (χ0) is 32.0. The molecule has 0 radical (unpaired) electrons. The fraction of sp³-hybridized carbons (Fsp3) is 0.364. The number of hydrogen-bond donors (Lipinski definition) is 5. The molecule has 5 N–H and O–H groups in total. The van der Waals surface area contributed by atoms with Crippen LogP contribution in [0.5, 0.6) is 0 Å². The maximum absolute atomic E-state index is 12.5. The molecule has 0 aliphatic carbocycles. The topological polar surface area (TPSA) is 147 Å². The number of carbonyl (C=O) groups excluding carboxylic acids is 1. The van der Waals surface area contributed by atoms with Crippen molar-refractivity contribution in [3.8, 4) is 0 Å². The van der Waals surface area contributed by atoms with Gasteiger partial charge in [0.1, 0.15) is 23.7 Å². The number of urea groups is 1. The van der Waals surface area contributed by atoms with Gasteiger partial charge in [-0.3, -0.25) is 15.6 Å². The minimum Gasteiger partial charge on any atom is -0.372 e. The van der Waals surface area contributed by atoms with Crippen LogP contribution in [0.2, 0.25) is 0 Å². The zero-order valence-electron chi connectivity index (χ0n) is 26.6. The van der Waals surface area contributed by atoms with Gasteiger partial charge in [0.05, 0.1) is 11.3 Å². The number of benzene rings is 2. The zero-order valence-corrected chi connectivity index (χ0v) is 26.6. The lowest BCUT2D eigenvalue weighted by molar-refractivity contribution is 0.132. The molecule has 12 heteroatoms. The number of amides is 2. The Morgan fingerprint density at radius 2 is 1.56 bits per heavy atom. The number of nitrogens with one attached hydrogen (secondary N) is 5. The van der Waals surface area contributed by atoms with E-state index >= 15 is 0 Å². The van der Waals surface area contributed by atoms with Gasteiger partial charge < -0.3 is 25.4 Å². The second-order valence-corrected chi connectivity index (χ2v) is 12.1. The minimum atomic E-state index is -0.431. The largest absolute Gasteiger partial charge is 0.372 e. The first-order chi connectivity index (χ1) is 21.6. The molecule has 0 saturated carbocycles. The molecule has 4 aromatic rings. The number of likely N-dealkylation sites (N-methyl/N-ethyl adjacent to an activating group) is 1. The van der Waals surface area contributed by atoms with Crippen LogP contribution in [0.15, 0.2) is 65.4 Å². The molecule has 1 fully saturated rings. The van der Waals surface area contributed by atoms with Gasteiger partial charge in [0.15, 0.2) is 5.82 Å². The van der Waals surface area contributed by atoms with Crippen LogP contribution in [0.25, 0.3) is 0 Å². The molecule has 1 aliphatic rings. The normalized spacial score (nSPS) is 14.2. The minimum absolute atomic E-state index is 0.211. The average molecular weight is 611 g/mol. The molecule has 2 aromatic carbocycles. The number of rotatable bonds is 10. The van der Waals surface area contributed by atoms with Crippen molar-refractivity contribution in [2.24, 2.45) is 0 Å². The van der Waals surface area contributed by atoms with E-state index in [0.717, 1.165) is 50.5 Å². The molecule has 1 aliphatic heterocycles. The van der Waals surface area contributed by atoms with E-state index in [-0.39, 0.29) is 5.41 Å². The Hall–Kier alpha value is -4.81. The first-order valence-electron chi connectivity index (χ1n) is 15.2. The van der Waals surface area contributed by atoms with Crippen molar-refractivity contribution in [1.29, 1.82) is 5.41 Å². The van der Waals surface area contributed by atoms with Gasteiger partial charge in [-0.05, 0) is 36.4 Å². The Balaban J connectivity index is 1.23. The van der Waals surface area contributed by atoms with Gasteiger partial charge in [0.2, 0.25) is 0 Å². The molecule has 3 heterocycles. The van der Waals surface area contributed by atoms with E-state index in [0.29, 0.717) is 40.2 Å². The molecular formula is C33H42N10O2. The van der Waals surface area contributed by atoms with Gasteiger partial charge in [-0.15, -0.1) is 0 Å². The summed E-state index contributed by atoms with van der Waals surface area (Å²) >= 11 is 0. The second-order valence-electron chi connectivity index (χ2n) is 12.1. The Kier molecular flexibility index (Phi) is 9.74. The summed E-state index contributed by atoms with van der Waals surface area (Å²) in [5.41, 5.74) is 3.99. The fourth-order valence-electron chi connectivity index (χ4n) is 5.09. The third-order valence-corrected chi connectivity index (χ3v) is 7.79. The summed E-state index contributed by atoms with van der Waals surface area (Å²) in [6.07, 6.45) is 1.46. The molecule has 0 spiro atoms. The summed E-state index contributed by atoms with van der Waals surface area (Å²) in [5.74, 6) is 2.07. The molecule has 5 rings (SSSR count). The monoisotopic (exact) mass is 610 g/mol. The molecule has 0 unspecified atom stereocenters. The van der Waals surface area contributed by atoms with Gasteiger partial charge >= 0.3 is 6.03 Å². The fourth-order valence-corrected chi connectivity index (χ4v) is 5.09. The Bertz CT molecular complexity index is 1600. The summed E-state index contributed by atoms with van der Waals surface area (Å²) in [7, 11) is 1.78. The number of nitrogens with zero attached hydrogens (tertiary/aromatic N) is 5. The van der Waals surface area contributed by atoms with Crippen LogP contribution in [-0.4, -0.2) is 76.4 Å². The molecule has 2 aromatic heterocycles. The van der Waals surface area contributed by atoms with E-state index in [9.17, 15) is 4.79 Å². The molecule has 1 saturated heterocycles. The van der Waals surface area contributed by atoms with Gasteiger partial charge in [0, 0.05) is 68.2 Å². The van der Waals surface area contributed by atoms with Crippen molar-refractivity contribution >= 4 is 40.6 Å². The third kappa shape index (κ3) is 8.02. The van der Waals surface area contributed by atoms with Crippen molar-refractivity contribution in [3.05, 3.63) is 83.4 Å². The quantitative estimate of drug-likeness (QED) is 0.142. The number of piperazine rings is 1. The van der Waals surface area contributed by atoms with Crippen LogP contribution in [0.4, 0.5) is 33.6 Å². The van der Waals surface area contributed by atoms with Crippen molar-refractivity contribution in [1.82, 2.24) is 24.9 Å². The predicted octanol–water partition coefficient (Wildman–Crippen LogP) is 5.75. The van der Waals surface area contributed by atoms with Crippen molar-refractivity contribution < 1.29 is 9.32 Å². The third-order valence-electron chi connectivity index (χ3n) is 7.79.